The Kier molecular flexibility index (Phi) is 5.35. The van der Waals surface area contributed by atoms with Crippen LogP contribution >= 0.6 is 0 Å². The van der Waals surface area contributed by atoms with Crippen LogP contribution in [0.4, 0.5) is 0 Å². The van der Waals surface area contributed by atoms with Crippen molar-refractivity contribution in [2.75, 3.05) is 6.54 Å². The maximum absolute atomic E-state index is 12.5. The second-order valence-corrected chi connectivity index (χ2v) is 4.77. The predicted octanol–water partition coefficient (Wildman–Crippen LogP) is 2.21. The summed E-state index contributed by atoms with van der Waals surface area (Å²) in [6.45, 7) is 6.51. The van der Waals surface area contributed by atoms with Crippen LogP contribution in [0.15, 0.2) is 30.3 Å². The van der Waals surface area contributed by atoms with Gasteiger partial charge in [-0.25, -0.2) is 0 Å². The van der Waals surface area contributed by atoms with Crippen LogP contribution < -0.4 is 11.1 Å². The zero-order valence-electron chi connectivity index (χ0n) is 11.6. The van der Waals surface area contributed by atoms with Crippen LogP contribution in [0.5, 0.6) is 0 Å². The van der Waals surface area contributed by atoms with Crippen molar-refractivity contribution in [2.45, 2.75) is 45.1 Å². The Bertz CT molecular complexity index is 371. The van der Waals surface area contributed by atoms with Gasteiger partial charge in [0.2, 0.25) is 5.91 Å². The summed E-state index contributed by atoms with van der Waals surface area (Å²) in [6.07, 6.45) is 1.58. The normalized spacial score (nSPS) is 13.1. The second-order valence-electron chi connectivity index (χ2n) is 4.77. The van der Waals surface area contributed by atoms with Crippen LogP contribution in [-0.4, -0.2) is 18.5 Å². The van der Waals surface area contributed by atoms with Gasteiger partial charge in [-0.05, 0) is 25.3 Å². The van der Waals surface area contributed by atoms with Crippen molar-refractivity contribution in [3.63, 3.8) is 0 Å². The molecule has 0 bridgehead atoms. The first-order valence-corrected chi connectivity index (χ1v) is 6.67. The minimum atomic E-state index is -0.440. The van der Waals surface area contributed by atoms with Crippen molar-refractivity contribution in [3.05, 3.63) is 35.9 Å². The van der Waals surface area contributed by atoms with E-state index in [1.165, 1.54) is 0 Å². The summed E-state index contributed by atoms with van der Waals surface area (Å²) >= 11 is 0. The standard InChI is InChI=1S/C15H24N2O/c1-4-15(5-2,13-9-7-6-8-10-13)14(18)17-12(3)11-16/h6-10,12H,4-5,11,16H2,1-3H3,(H,17,18)/t12-/m0/s1. The van der Waals surface area contributed by atoms with E-state index in [-0.39, 0.29) is 11.9 Å². The molecule has 1 rings (SSSR count). The van der Waals surface area contributed by atoms with Crippen LogP contribution in [0.2, 0.25) is 0 Å². The minimum Gasteiger partial charge on any atom is -0.352 e. The van der Waals surface area contributed by atoms with Crippen LogP contribution in [0.3, 0.4) is 0 Å². The van der Waals surface area contributed by atoms with E-state index in [0.717, 1.165) is 18.4 Å². The van der Waals surface area contributed by atoms with Crippen molar-refractivity contribution < 1.29 is 4.79 Å². The van der Waals surface area contributed by atoms with Crippen LogP contribution in [0.25, 0.3) is 0 Å². The number of carbonyl (C=O) groups excluding carboxylic acids is 1. The number of benzene rings is 1. The van der Waals surface area contributed by atoms with E-state index in [2.05, 4.69) is 19.2 Å². The molecule has 0 aliphatic rings. The summed E-state index contributed by atoms with van der Waals surface area (Å²) in [4.78, 5) is 12.5. The lowest BCUT2D eigenvalue weighted by atomic mass is 9.75. The number of hydrogen-bond acceptors (Lipinski definition) is 2. The Balaban J connectivity index is 3.04. The Morgan fingerprint density at radius 1 is 1.28 bits per heavy atom. The summed E-state index contributed by atoms with van der Waals surface area (Å²) in [6, 6.07) is 10.0. The Morgan fingerprint density at radius 3 is 2.28 bits per heavy atom. The average Bonchev–Trinajstić information content (AvgIpc) is 2.42. The van der Waals surface area contributed by atoms with E-state index < -0.39 is 5.41 Å². The molecular weight excluding hydrogens is 224 g/mol. The van der Waals surface area contributed by atoms with Gasteiger partial charge in [-0.1, -0.05) is 44.2 Å². The van der Waals surface area contributed by atoms with Crippen molar-refractivity contribution in [1.82, 2.24) is 5.32 Å². The first-order chi connectivity index (χ1) is 8.60. The average molecular weight is 248 g/mol. The zero-order chi connectivity index (χ0) is 13.6. The van der Waals surface area contributed by atoms with E-state index in [4.69, 9.17) is 5.73 Å². The predicted molar refractivity (Wildman–Crippen MR) is 75.4 cm³/mol. The summed E-state index contributed by atoms with van der Waals surface area (Å²) in [7, 11) is 0. The molecule has 0 unspecified atom stereocenters. The molecule has 1 aromatic rings. The fourth-order valence-electron chi connectivity index (χ4n) is 2.29. The first-order valence-electron chi connectivity index (χ1n) is 6.67. The van der Waals surface area contributed by atoms with Gasteiger partial charge in [0.25, 0.3) is 0 Å². The number of amides is 1. The molecule has 18 heavy (non-hydrogen) atoms. The van der Waals surface area contributed by atoms with Crippen LogP contribution in [0.1, 0.15) is 39.2 Å². The highest BCUT2D eigenvalue weighted by Gasteiger charge is 2.36. The molecule has 0 aliphatic heterocycles. The van der Waals surface area contributed by atoms with Crippen molar-refractivity contribution in [1.29, 1.82) is 0 Å². The van der Waals surface area contributed by atoms with Gasteiger partial charge in [0, 0.05) is 12.6 Å². The van der Waals surface area contributed by atoms with Crippen LogP contribution in [0, 0.1) is 0 Å². The van der Waals surface area contributed by atoms with Gasteiger partial charge >= 0.3 is 0 Å². The van der Waals surface area contributed by atoms with E-state index in [1.807, 2.05) is 37.3 Å². The van der Waals surface area contributed by atoms with Gasteiger partial charge < -0.3 is 11.1 Å². The lowest BCUT2D eigenvalue weighted by Gasteiger charge is -2.32. The highest BCUT2D eigenvalue weighted by Crippen LogP contribution is 2.31. The monoisotopic (exact) mass is 248 g/mol. The third kappa shape index (κ3) is 2.91. The van der Waals surface area contributed by atoms with Gasteiger partial charge in [-0.2, -0.15) is 0 Å². The SMILES string of the molecule is CCC(CC)(C(=O)N[C@@H](C)CN)c1ccccc1. The molecule has 1 atom stereocenters. The van der Waals surface area contributed by atoms with E-state index in [9.17, 15) is 4.79 Å². The number of nitrogens with one attached hydrogen (secondary N) is 1. The fourth-order valence-corrected chi connectivity index (χ4v) is 2.29. The number of hydrogen-bond donors (Lipinski definition) is 2. The lowest BCUT2D eigenvalue weighted by molar-refractivity contribution is -0.127. The molecule has 0 heterocycles. The van der Waals surface area contributed by atoms with Crippen molar-refractivity contribution in [3.8, 4) is 0 Å². The van der Waals surface area contributed by atoms with Gasteiger partial charge in [-0.3, -0.25) is 4.79 Å². The quantitative estimate of drug-likeness (QED) is 0.811. The van der Waals surface area contributed by atoms with Gasteiger partial charge in [0.15, 0.2) is 0 Å². The maximum atomic E-state index is 12.5. The van der Waals surface area contributed by atoms with Crippen molar-refractivity contribution in [2.24, 2.45) is 5.73 Å². The number of rotatable bonds is 6. The smallest absolute Gasteiger partial charge is 0.230 e. The Labute approximate surface area is 110 Å². The molecular formula is C15H24N2O. The Morgan fingerprint density at radius 2 is 1.83 bits per heavy atom. The third-order valence-electron chi connectivity index (χ3n) is 3.70. The number of carbonyl (C=O) groups is 1. The molecule has 0 radical (unpaired) electrons. The molecule has 0 spiro atoms. The molecule has 100 valence electrons. The zero-order valence-corrected chi connectivity index (χ0v) is 11.6. The van der Waals surface area contributed by atoms with Crippen LogP contribution in [-0.2, 0) is 10.2 Å². The van der Waals surface area contributed by atoms with E-state index in [1.54, 1.807) is 0 Å². The summed E-state index contributed by atoms with van der Waals surface area (Å²) < 4.78 is 0. The Hall–Kier alpha value is -1.35. The maximum Gasteiger partial charge on any atom is 0.230 e. The number of nitrogens with two attached hydrogens (primary N) is 1. The molecule has 1 amide bonds. The van der Waals surface area contributed by atoms with Gasteiger partial charge in [0.05, 0.1) is 5.41 Å². The summed E-state index contributed by atoms with van der Waals surface area (Å²) in [5.41, 5.74) is 6.21. The first kappa shape index (κ1) is 14.7. The minimum absolute atomic E-state index is 0.0127. The third-order valence-corrected chi connectivity index (χ3v) is 3.70. The molecule has 3 heteroatoms. The highest BCUT2D eigenvalue weighted by molar-refractivity contribution is 5.88. The molecule has 0 aliphatic carbocycles. The van der Waals surface area contributed by atoms with E-state index >= 15 is 0 Å². The highest BCUT2D eigenvalue weighted by atomic mass is 16.2. The molecule has 0 fully saturated rings. The van der Waals surface area contributed by atoms with E-state index in [0.29, 0.717) is 6.54 Å². The largest absolute Gasteiger partial charge is 0.352 e. The molecule has 0 saturated carbocycles. The lowest BCUT2D eigenvalue weighted by Crippen LogP contribution is -2.49. The van der Waals surface area contributed by atoms with Gasteiger partial charge in [-0.15, -0.1) is 0 Å². The van der Waals surface area contributed by atoms with Crippen molar-refractivity contribution >= 4 is 5.91 Å². The molecule has 3 nitrogen and oxygen atoms in total. The van der Waals surface area contributed by atoms with Gasteiger partial charge in [0.1, 0.15) is 0 Å². The fraction of sp³-hybridized carbons (Fsp3) is 0.533. The topological polar surface area (TPSA) is 55.1 Å². The molecule has 0 saturated heterocycles. The second kappa shape index (κ2) is 6.55. The molecule has 1 aromatic carbocycles. The summed E-state index contributed by atoms with van der Waals surface area (Å²) in [5, 5.41) is 3.01. The summed E-state index contributed by atoms with van der Waals surface area (Å²) in [5.74, 6) is 0.0802. The molecule has 0 aromatic heterocycles. The molecule has 3 N–H and O–H groups in total.